The second-order valence-corrected chi connectivity index (χ2v) is 9.42. The number of rotatable bonds is 6. The number of nitrogens with one attached hydrogen (secondary N) is 1. The maximum atomic E-state index is 12.1. The Hall–Kier alpha value is -1.89. The van der Waals surface area contributed by atoms with E-state index in [9.17, 15) is 18.0 Å². The average Bonchev–Trinajstić information content (AvgIpc) is 2.56. The first-order valence-electron chi connectivity index (χ1n) is 8.89. The van der Waals surface area contributed by atoms with Crippen molar-refractivity contribution in [1.29, 1.82) is 0 Å². The van der Waals surface area contributed by atoms with Gasteiger partial charge in [-0.2, -0.15) is 0 Å². The second-order valence-electron chi connectivity index (χ2n) is 7.28. The summed E-state index contributed by atoms with van der Waals surface area (Å²) >= 11 is 0. The van der Waals surface area contributed by atoms with E-state index < -0.39 is 15.8 Å². The minimum Gasteiger partial charge on any atom is -0.452 e. The van der Waals surface area contributed by atoms with Crippen LogP contribution in [0.3, 0.4) is 0 Å². The number of carbonyl (C=O) groups is 2. The first-order valence-corrected chi connectivity index (χ1v) is 10.9. The zero-order valence-electron chi connectivity index (χ0n) is 15.5. The first-order chi connectivity index (χ1) is 12.2. The quantitative estimate of drug-likeness (QED) is 0.764. The zero-order valence-corrected chi connectivity index (χ0v) is 16.3. The van der Waals surface area contributed by atoms with Gasteiger partial charge in [-0.25, -0.2) is 13.2 Å². The Kier molecular flexibility index (Phi) is 6.81. The van der Waals surface area contributed by atoms with Gasteiger partial charge in [-0.15, -0.1) is 0 Å². The highest BCUT2D eigenvalue weighted by Crippen LogP contribution is 2.29. The van der Waals surface area contributed by atoms with E-state index in [1.54, 1.807) is 12.1 Å². The van der Waals surface area contributed by atoms with E-state index in [4.69, 9.17) is 4.74 Å². The zero-order chi connectivity index (χ0) is 19.3. The van der Waals surface area contributed by atoms with Crippen LogP contribution in [0.1, 0.15) is 49.0 Å². The van der Waals surface area contributed by atoms with Crippen LogP contribution in [0, 0.1) is 11.8 Å². The van der Waals surface area contributed by atoms with Gasteiger partial charge in [0.05, 0.1) is 11.3 Å². The number of esters is 1. The molecule has 1 amide bonds. The van der Waals surface area contributed by atoms with Crippen molar-refractivity contribution in [2.75, 3.05) is 12.9 Å². The molecule has 1 aliphatic rings. The van der Waals surface area contributed by atoms with Crippen LogP contribution in [0.25, 0.3) is 0 Å². The Bertz CT molecular complexity index is 742. The van der Waals surface area contributed by atoms with Gasteiger partial charge in [0.2, 0.25) is 0 Å². The molecule has 0 radical (unpaired) electrons. The summed E-state index contributed by atoms with van der Waals surface area (Å²) in [5, 5.41) is 2.96. The molecular formula is C19H27NO5S. The minimum atomic E-state index is -3.12. The standard InChI is InChI=1S/C19H27NO5S/c1-13-5-4-6-17(14(13)2)20-18(21)11-25-19(22)16-9-7-15(8-10-16)12-26(3,23)24/h7-10,13-14,17H,4-6,11-12H2,1-3H3,(H,20,21)/t13-,14-,17+/m1/s1. The predicted octanol–water partition coefficient (Wildman–Crippen LogP) is 2.33. The fourth-order valence-corrected chi connectivity index (χ4v) is 4.09. The smallest absolute Gasteiger partial charge is 0.338 e. The first kappa shape index (κ1) is 20.4. The lowest BCUT2D eigenvalue weighted by molar-refractivity contribution is -0.125. The van der Waals surface area contributed by atoms with E-state index in [1.165, 1.54) is 18.6 Å². The Balaban J connectivity index is 1.83. The van der Waals surface area contributed by atoms with E-state index in [1.807, 2.05) is 0 Å². The molecule has 1 N–H and O–H groups in total. The Morgan fingerprint density at radius 3 is 2.42 bits per heavy atom. The van der Waals surface area contributed by atoms with Crippen LogP contribution in [0.15, 0.2) is 24.3 Å². The van der Waals surface area contributed by atoms with Crippen molar-refractivity contribution in [3.8, 4) is 0 Å². The number of benzene rings is 1. The molecular weight excluding hydrogens is 354 g/mol. The van der Waals surface area contributed by atoms with E-state index in [0.717, 1.165) is 19.1 Å². The van der Waals surface area contributed by atoms with E-state index >= 15 is 0 Å². The van der Waals surface area contributed by atoms with E-state index in [2.05, 4.69) is 19.2 Å². The third kappa shape index (κ3) is 6.12. The third-order valence-corrected chi connectivity index (χ3v) is 5.86. The highest BCUT2D eigenvalue weighted by atomic mass is 32.2. The number of amides is 1. The van der Waals surface area contributed by atoms with Gasteiger partial charge in [-0.1, -0.05) is 38.8 Å². The summed E-state index contributed by atoms with van der Waals surface area (Å²) in [6, 6.07) is 6.28. The molecule has 0 heterocycles. The molecule has 26 heavy (non-hydrogen) atoms. The molecule has 0 saturated heterocycles. The molecule has 6 nitrogen and oxygen atoms in total. The molecule has 1 saturated carbocycles. The molecule has 0 bridgehead atoms. The fraction of sp³-hybridized carbons (Fsp3) is 0.579. The Morgan fingerprint density at radius 1 is 1.15 bits per heavy atom. The maximum absolute atomic E-state index is 12.1. The molecule has 1 aromatic carbocycles. The van der Waals surface area contributed by atoms with Crippen molar-refractivity contribution in [3.05, 3.63) is 35.4 Å². The van der Waals surface area contributed by atoms with E-state index in [0.29, 0.717) is 17.4 Å². The van der Waals surface area contributed by atoms with Gasteiger partial charge < -0.3 is 10.1 Å². The molecule has 7 heteroatoms. The van der Waals surface area contributed by atoms with Gasteiger partial charge in [0.25, 0.3) is 5.91 Å². The molecule has 3 atom stereocenters. The van der Waals surface area contributed by atoms with Crippen LogP contribution in [-0.4, -0.2) is 39.2 Å². The summed E-state index contributed by atoms with van der Waals surface area (Å²) in [7, 11) is -3.12. The maximum Gasteiger partial charge on any atom is 0.338 e. The summed E-state index contributed by atoms with van der Waals surface area (Å²) in [6.45, 7) is 4.01. The fourth-order valence-electron chi connectivity index (χ4n) is 3.29. The lowest BCUT2D eigenvalue weighted by atomic mass is 9.78. The highest BCUT2D eigenvalue weighted by molar-refractivity contribution is 7.89. The predicted molar refractivity (Wildman–Crippen MR) is 99.4 cm³/mol. The lowest BCUT2D eigenvalue weighted by Gasteiger charge is -2.34. The van der Waals surface area contributed by atoms with Crippen molar-refractivity contribution in [1.82, 2.24) is 5.32 Å². The number of carbonyl (C=O) groups excluding carboxylic acids is 2. The van der Waals surface area contributed by atoms with Crippen molar-refractivity contribution in [2.24, 2.45) is 11.8 Å². The van der Waals surface area contributed by atoms with Crippen molar-refractivity contribution in [2.45, 2.75) is 44.9 Å². The van der Waals surface area contributed by atoms with Gasteiger partial charge in [-0.05, 0) is 36.0 Å². The molecule has 1 fully saturated rings. The van der Waals surface area contributed by atoms with Crippen LogP contribution >= 0.6 is 0 Å². The monoisotopic (exact) mass is 381 g/mol. The third-order valence-electron chi connectivity index (χ3n) is 5.01. The van der Waals surface area contributed by atoms with Crippen LogP contribution in [0.5, 0.6) is 0 Å². The molecule has 0 spiro atoms. The van der Waals surface area contributed by atoms with Gasteiger partial charge >= 0.3 is 5.97 Å². The van der Waals surface area contributed by atoms with Crippen LogP contribution in [0.2, 0.25) is 0 Å². The van der Waals surface area contributed by atoms with Crippen LogP contribution in [-0.2, 0) is 25.1 Å². The minimum absolute atomic E-state index is 0.0806. The van der Waals surface area contributed by atoms with Crippen molar-refractivity contribution >= 4 is 21.7 Å². The number of ether oxygens (including phenoxy) is 1. The normalized spacial score (nSPS) is 23.3. The number of hydrogen-bond donors (Lipinski definition) is 1. The van der Waals surface area contributed by atoms with Gasteiger partial charge in [0.15, 0.2) is 16.4 Å². The summed E-state index contributed by atoms with van der Waals surface area (Å²) in [6.07, 6.45) is 4.38. The largest absolute Gasteiger partial charge is 0.452 e. The summed E-state index contributed by atoms with van der Waals surface area (Å²) < 4.78 is 27.6. The highest BCUT2D eigenvalue weighted by Gasteiger charge is 2.28. The molecule has 0 aliphatic heterocycles. The summed E-state index contributed by atoms with van der Waals surface area (Å²) in [4.78, 5) is 24.1. The number of sulfone groups is 1. The molecule has 0 aromatic heterocycles. The Morgan fingerprint density at radius 2 is 1.81 bits per heavy atom. The average molecular weight is 381 g/mol. The van der Waals surface area contributed by atoms with Crippen molar-refractivity contribution in [3.63, 3.8) is 0 Å². The van der Waals surface area contributed by atoms with Gasteiger partial charge in [0.1, 0.15) is 0 Å². The lowest BCUT2D eigenvalue weighted by Crippen LogP contribution is -2.45. The van der Waals surface area contributed by atoms with Crippen molar-refractivity contribution < 1.29 is 22.7 Å². The molecule has 1 aromatic rings. The number of hydrogen-bond acceptors (Lipinski definition) is 5. The van der Waals surface area contributed by atoms with Crippen LogP contribution in [0.4, 0.5) is 0 Å². The molecule has 0 unspecified atom stereocenters. The van der Waals surface area contributed by atoms with Gasteiger partial charge in [-0.3, -0.25) is 4.79 Å². The molecule has 144 valence electrons. The summed E-state index contributed by atoms with van der Waals surface area (Å²) in [5.74, 6) is 0.00452. The molecule has 2 rings (SSSR count). The molecule has 1 aliphatic carbocycles. The topological polar surface area (TPSA) is 89.5 Å². The second kappa shape index (κ2) is 8.66. The Labute approximate surface area is 155 Å². The van der Waals surface area contributed by atoms with Gasteiger partial charge in [0, 0.05) is 12.3 Å². The van der Waals surface area contributed by atoms with E-state index in [-0.39, 0.29) is 29.9 Å². The summed E-state index contributed by atoms with van der Waals surface area (Å²) in [5.41, 5.74) is 0.886. The van der Waals surface area contributed by atoms with Crippen LogP contribution < -0.4 is 5.32 Å². The SMILES string of the molecule is C[C@@H]1[C@H](C)CCC[C@@H]1NC(=O)COC(=O)c1ccc(CS(C)(=O)=O)cc1.